The summed E-state index contributed by atoms with van der Waals surface area (Å²) < 4.78 is 1.01. The van der Waals surface area contributed by atoms with E-state index in [0.717, 1.165) is 29.5 Å². The molecule has 6 heteroatoms. The van der Waals surface area contributed by atoms with Gasteiger partial charge in [0.25, 0.3) is 5.91 Å². The second-order valence-electron chi connectivity index (χ2n) is 6.99. The summed E-state index contributed by atoms with van der Waals surface area (Å²) in [6.45, 7) is 1.72. The smallest absolute Gasteiger partial charge is 0.253 e. The van der Waals surface area contributed by atoms with E-state index in [9.17, 15) is 9.59 Å². The zero-order valence-electron chi connectivity index (χ0n) is 14.1. The first kappa shape index (κ1) is 16.2. The summed E-state index contributed by atoms with van der Waals surface area (Å²) in [6, 6.07) is 16.9. The molecule has 3 atom stereocenters. The highest BCUT2D eigenvalue weighted by Gasteiger charge is 2.62. The Labute approximate surface area is 160 Å². The highest BCUT2D eigenvalue weighted by Crippen LogP contribution is 2.48. The minimum absolute atomic E-state index is 0.0826. The van der Waals surface area contributed by atoms with Gasteiger partial charge in [0.1, 0.15) is 6.04 Å². The summed E-state index contributed by atoms with van der Waals surface area (Å²) >= 11 is 3.48. The van der Waals surface area contributed by atoms with Gasteiger partial charge in [0, 0.05) is 17.6 Å². The second-order valence-corrected chi connectivity index (χ2v) is 7.91. The lowest BCUT2D eigenvalue weighted by Gasteiger charge is -2.29. The highest BCUT2D eigenvalue weighted by atomic mass is 79.9. The van der Waals surface area contributed by atoms with Gasteiger partial charge in [-0.2, -0.15) is 0 Å². The van der Waals surface area contributed by atoms with Crippen molar-refractivity contribution in [3.8, 4) is 0 Å². The lowest BCUT2D eigenvalue weighted by atomic mass is 9.90. The summed E-state index contributed by atoms with van der Waals surface area (Å²) in [6.07, 6.45) is 1.02. The molecule has 3 fully saturated rings. The number of carbonyl (C=O) groups is 2. The summed E-state index contributed by atoms with van der Waals surface area (Å²) in [5, 5.41) is 4.36. The van der Waals surface area contributed by atoms with Gasteiger partial charge in [0.15, 0.2) is 0 Å². The van der Waals surface area contributed by atoms with Crippen LogP contribution in [0.2, 0.25) is 0 Å². The van der Waals surface area contributed by atoms with Gasteiger partial charge in [-0.15, -0.1) is 0 Å². The third kappa shape index (κ3) is 2.22. The Morgan fingerprint density at radius 1 is 0.808 bits per heavy atom. The molecule has 2 amide bonds. The average molecular weight is 412 g/mol. The van der Waals surface area contributed by atoms with Gasteiger partial charge >= 0.3 is 0 Å². The van der Waals surface area contributed by atoms with Gasteiger partial charge in [0.2, 0.25) is 5.91 Å². The average Bonchev–Trinajstić information content (AvgIpc) is 3.29. The second kappa shape index (κ2) is 6.01. The number of nitrogens with zero attached hydrogens (tertiary/aromatic N) is 3. The summed E-state index contributed by atoms with van der Waals surface area (Å²) in [5.41, 5.74) is 1.75. The van der Waals surface area contributed by atoms with E-state index in [0.29, 0.717) is 5.69 Å². The molecule has 0 aliphatic carbocycles. The van der Waals surface area contributed by atoms with Crippen LogP contribution < -0.4 is 4.90 Å². The Hall–Kier alpha value is -2.02. The number of hydrogen-bond donors (Lipinski definition) is 0. The normalized spacial score (nSPS) is 28.7. The fourth-order valence-electron chi connectivity index (χ4n) is 4.60. The van der Waals surface area contributed by atoms with E-state index in [1.54, 1.807) is 0 Å². The molecule has 0 aromatic heterocycles. The Kier molecular flexibility index (Phi) is 3.74. The van der Waals surface area contributed by atoms with Crippen LogP contribution in [0.4, 0.5) is 5.69 Å². The van der Waals surface area contributed by atoms with Crippen LogP contribution in [-0.2, 0) is 9.59 Å². The number of hydrogen-bond acceptors (Lipinski definition) is 4. The van der Waals surface area contributed by atoms with Crippen LogP contribution in [0.15, 0.2) is 59.1 Å². The van der Waals surface area contributed by atoms with E-state index in [4.69, 9.17) is 0 Å². The Balaban J connectivity index is 1.59. The number of carbonyl (C=O) groups excluding carboxylic acids is 2. The van der Waals surface area contributed by atoms with Crippen molar-refractivity contribution in [2.24, 2.45) is 5.92 Å². The van der Waals surface area contributed by atoms with Crippen LogP contribution in [0.3, 0.4) is 0 Å². The van der Waals surface area contributed by atoms with Gasteiger partial charge < -0.3 is 0 Å². The Morgan fingerprint density at radius 3 is 2.15 bits per heavy atom. The lowest BCUT2D eigenvalue weighted by Crippen LogP contribution is -2.44. The quantitative estimate of drug-likeness (QED) is 0.712. The van der Waals surface area contributed by atoms with Crippen molar-refractivity contribution in [1.82, 2.24) is 10.0 Å². The van der Waals surface area contributed by atoms with Crippen LogP contribution in [-0.4, -0.2) is 41.0 Å². The van der Waals surface area contributed by atoms with Gasteiger partial charge in [-0.25, -0.2) is 14.9 Å². The first-order chi connectivity index (χ1) is 12.7. The van der Waals surface area contributed by atoms with E-state index in [2.05, 4.69) is 38.1 Å². The minimum Gasteiger partial charge on any atom is -0.274 e. The van der Waals surface area contributed by atoms with E-state index in [1.807, 2.05) is 42.5 Å². The zero-order valence-corrected chi connectivity index (χ0v) is 15.7. The highest BCUT2D eigenvalue weighted by molar-refractivity contribution is 9.10. The number of hydrazine groups is 1. The van der Waals surface area contributed by atoms with Gasteiger partial charge in [0.05, 0.1) is 17.6 Å². The molecular weight excluding hydrogens is 394 g/mol. The molecule has 3 aliphatic heterocycles. The predicted molar refractivity (Wildman–Crippen MR) is 101 cm³/mol. The molecule has 132 valence electrons. The molecule has 3 aliphatic rings. The van der Waals surface area contributed by atoms with Crippen molar-refractivity contribution in [3.05, 3.63) is 64.6 Å². The Morgan fingerprint density at radius 2 is 1.46 bits per heavy atom. The van der Waals surface area contributed by atoms with E-state index in [1.165, 1.54) is 4.90 Å². The SMILES string of the molecule is O=C1[C@@H]2[C@@H](c3ccc(Br)cc3)N3CCCN3[C@H]2C(=O)N1c1ccccc1. The number of halogens is 1. The standard InChI is InChI=1S/C20H18BrN3O2/c21-14-9-7-13(8-10-14)17-16-18(23-12-4-11-22(17)23)20(26)24(19(16)25)15-5-2-1-3-6-15/h1-3,5-10,16-18H,4,11-12H2/t16-,17-,18-/m1/s1. The molecular formula is C20H18BrN3O2. The van der Waals surface area contributed by atoms with Gasteiger partial charge in [-0.05, 0) is 36.2 Å². The van der Waals surface area contributed by atoms with Gasteiger partial charge in [-0.3, -0.25) is 9.59 Å². The lowest BCUT2D eigenvalue weighted by molar-refractivity contribution is -0.126. The van der Waals surface area contributed by atoms with Crippen LogP contribution in [0, 0.1) is 5.92 Å². The molecule has 0 N–H and O–H groups in total. The molecule has 5 rings (SSSR count). The number of para-hydroxylation sites is 1. The molecule has 0 bridgehead atoms. The molecule has 0 saturated carbocycles. The third-order valence-corrected chi connectivity index (χ3v) is 6.16. The van der Waals surface area contributed by atoms with E-state index < -0.39 is 0 Å². The number of imide groups is 1. The number of benzene rings is 2. The maximum atomic E-state index is 13.3. The molecule has 0 unspecified atom stereocenters. The largest absolute Gasteiger partial charge is 0.274 e. The minimum atomic E-state index is -0.390. The maximum Gasteiger partial charge on any atom is 0.253 e. The van der Waals surface area contributed by atoms with Crippen molar-refractivity contribution in [3.63, 3.8) is 0 Å². The van der Waals surface area contributed by atoms with Crippen LogP contribution >= 0.6 is 15.9 Å². The molecule has 2 aromatic rings. The zero-order chi connectivity index (χ0) is 17.8. The molecule has 3 heterocycles. The molecule has 26 heavy (non-hydrogen) atoms. The maximum absolute atomic E-state index is 13.3. The predicted octanol–water partition coefficient (Wildman–Crippen LogP) is 2.98. The first-order valence-corrected chi connectivity index (χ1v) is 9.67. The topological polar surface area (TPSA) is 43.9 Å². The van der Waals surface area contributed by atoms with Crippen molar-refractivity contribution in [2.75, 3.05) is 18.0 Å². The van der Waals surface area contributed by atoms with Gasteiger partial charge in [-0.1, -0.05) is 46.3 Å². The third-order valence-electron chi connectivity index (χ3n) is 5.63. The number of anilines is 1. The summed E-state index contributed by atoms with van der Waals surface area (Å²) in [4.78, 5) is 27.9. The number of rotatable bonds is 2. The fraction of sp³-hybridized carbons (Fsp3) is 0.300. The fourth-order valence-corrected chi connectivity index (χ4v) is 4.87. The summed E-state index contributed by atoms with van der Waals surface area (Å²) in [7, 11) is 0. The monoisotopic (exact) mass is 411 g/mol. The Bertz CT molecular complexity index is 870. The molecule has 3 saturated heterocycles. The van der Waals surface area contributed by atoms with Crippen molar-refractivity contribution < 1.29 is 9.59 Å². The molecule has 2 aromatic carbocycles. The molecule has 0 spiro atoms. The van der Waals surface area contributed by atoms with Crippen LogP contribution in [0.1, 0.15) is 18.0 Å². The van der Waals surface area contributed by atoms with Crippen LogP contribution in [0.25, 0.3) is 0 Å². The van der Waals surface area contributed by atoms with Crippen molar-refractivity contribution in [1.29, 1.82) is 0 Å². The molecule has 5 nitrogen and oxygen atoms in total. The molecule has 0 radical (unpaired) electrons. The van der Waals surface area contributed by atoms with Crippen molar-refractivity contribution in [2.45, 2.75) is 18.5 Å². The van der Waals surface area contributed by atoms with E-state index in [-0.39, 0.29) is 29.8 Å². The number of fused-ring (bicyclic) bond motifs is 3. The van der Waals surface area contributed by atoms with Crippen molar-refractivity contribution >= 4 is 33.4 Å². The summed E-state index contributed by atoms with van der Waals surface area (Å²) in [5.74, 6) is -0.546. The van der Waals surface area contributed by atoms with E-state index >= 15 is 0 Å². The van der Waals surface area contributed by atoms with Crippen LogP contribution in [0.5, 0.6) is 0 Å². The first-order valence-electron chi connectivity index (χ1n) is 8.88. The number of amides is 2.